The zero-order valence-corrected chi connectivity index (χ0v) is 20.6. The number of hydrogen-bond donors (Lipinski definition) is 1. The highest BCUT2D eigenvalue weighted by Gasteiger charge is 2.33. The van der Waals surface area contributed by atoms with Crippen LogP contribution >= 0.6 is 0 Å². The highest BCUT2D eigenvalue weighted by Crippen LogP contribution is 2.29. The standard InChI is InChI=1S/C26H32N4O3S/c1-3-30-24-10-5-4-9-23(24)28-25(30)18(2)27-26(31)20-13-15-29(16-14-20)34(32,33)22-12-11-19-7-6-8-21(19)17-22/h4-5,9-12,17-18,20H,3,6-8,13-16H2,1-2H3,(H,27,31). The van der Waals surface area contributed by atoms with Crippen LogP contribution in [0.25, 0.3) is 11.0 Å². The Labute approximate surface area is 201 Å². The van der Waals surface area contributed by atoms with Gasteiger partial charge in [-0.3, -0.25) is 4.79 Å². The van der Waals surface area contributed by atoms with E-state index in [-0.39, 0.29) is 17.9 Å². The van der Waals surface area contributed by atoms with Crippen molar-refractivity contribution in [3.05, 3.63) is 59.4 Å². The summed E-state index contributed by atoms with van der Waals surface area (Å²) in [5, 5.41) is 3.12. The number of carbonyl (C=O) groups excluding carboxylic acids is 1. The van der Waals surface area contributed by atoms with Gasteiger partial charge in [-0.05, 0) is 81.3 Å². The van der Waals surface area contributed by atoms with Crippen molar-refractivity contribution in [2.75, 3.05) is 13.1 Å². The fourth-order valence-corrected chi connectivity index (χ4v) is 6.89. The molecule has 7 nitrogen and oxygen atoms in total. The maximum atomic E-state index is 13.2. The molecular formula is C26H32N4O3S. The second-order valence-corrected chi connectivity index (χ2v) is 11.3. The average molecular weight is 481 g/mol. The second kappa shape index (κ2) is 9.15. The predicted molar refractivity (Wildman–Crippen MR) is 132 cm³/mol. The third-order valence-electron chi connectivity index (χ3n) is 7.28. The van der Waals surface area contributed by atoms with Crippen molar-refractivity contribution < 1.29 is 13.2 Å². The topological polar surface area (TPSA) is 84.3 Å². The van der Waals surface area contributed by atoms with E-state index in [0.717, 1.165) is 48.2 Å². The van der Waals surface area contributed by atoms with Crippen LogP contribution in [0.1, 0.15) is 56.1 Å². The molecule has 3 aromatic rings. The van der Waals surface area contributed by atoms with Crippen LogP contribution in [0, 0.1) is 5.92 Å². The normalized spacial score (nSPS) is 18.2. The first-order chi connectivity index (χ1) is 16.4. The number of carbonyl (C=O) groups is 1. The molecule has 180 valence electrons. The molecular weight excluding hydrogens is 448 g/mol. The lowest BCUT2D eigenvalue weighted by Crippen LogP contribution is -2.43. The van der Waals surface area contributed by atoms with E-state index in [9.17, 15) is 13.2 Å². The van der Waals surface area contributed by atoms with Gasteiger partial charge < -0.3 is 9.88 Å². The second-order valence-electron chi connectivity index (χ2n) is 9.40. The van der Waals surface area contributed by atoms with E-state index in [0.29, 0.717) is 30.8 Å². The Morgan fingerprint density at radius 2 is 1.85 bits per heavy atom. The van der Waals surface area contributed by atoms with Gasteiger partial charge in [0.2, 0.25) is 15.9 Å². The molecule has 1 aliphatic heterocycles. The van der Waals surface area contributed by atoms with Crippen LogP contribution < -0.4 is 5.32 Å². The zero-order chi connectivity index (χ0) is 23.9. The number of benzene rings is 2. The molecule has 1 fully saturated rings. The number of hydrogen-bond acceptors (Lipinski definition) is 4. The van der Waals surface area contributed by atoms with Crippen molar-refractivity contribution in [3.63, 3.8) is 0 Å². The average Bonchev–Trinajstić information content (AvgIpc) is 3.48. The monoisotopic (exact) mass is 480 g/mol. The minimum Gasteiger partial charge on any atom is -0.346 e. The molecule has 0 spiro atoms. The van der Waals surface area contributed by atoms with Gasteiger partial charge in [-0.1, -0.05) is 18.2 Å². The molecule has 1 N–H and O–H groups in total. The van der Waals surface area contributed by atoms with Crippen molar-refractivity contribution >= 4 is 27.0 Å². The summed E-state index contributed by atoms with van der Waals surface area (Å²) < 4.78 is 30.1. The fraction of sp³-hybridized carbons (Fsp3) is 0.462. The number of fused-ring (bicyclic) bond motifs is 2. The van der Waals surface area contributed by atoms with Gasteiger partial charge in [0.05, 0.1) is 22.0 Å². The number of imidazole rings is 1. The molecule has 34 heavy (non-hydrogen) atoms. The number of nitrogens with zero attached hydrogens (tertiary/aromatic N) is 3. The largest absolute Gasteiger partial charge is 0.346 e. The smallest absolute Gasteiger partial charge is 0.243 e. The van der Waals surface area contributed by atoms with Crippen LogP contribution in [-0.2, 0) is 34.2 Å². The van der Waals surface area contributed by atoms with E-state index in [1.807, 2.05) is 43.3 Å². The molecule has 1 saturated heterocycles. The molecule has 0 saturated carbocycles. The summed E-state index contributed by atoms with van der Waals surface area (Å²) in [7, 11) is -3.53. The Morgan fingerprint density at radius 3 is 2.62 bits per heavy atom. The van der Waals surface area contributed by atoms with E-state index in [1.165, 1.54) is 9.87 Å². The van der Waals surface area contributed by atoms with Gasteiger partial charge in [0.15, 0.2) is 0 Å². The zero-order valence-electron chi connectivity index (χ0n) is 19.8. The SMILES string of the molecule is CCn1c(C(C)NC(=O)C2CCN(S(=O)(=O)c3ccc4c(c3)CCC4)CC2)nc2ccccc21. The van der Waals surface area contributed by atoms with Crippen LogP contribution in [0.5, 0.6) is 0 Å². The van der Waals surface area contributed by atoms with Gasteiger partial charge in [0.1, 0.15) is 5.82 Å². The Morgan fingerprint density at radius 1 is 1.12 bits per heavy atom. The summed E-state index contributed by atoms with van der Waals surface area (Å²) in [6.07, 6.45) is 4.11. The Balaban J connectivity index is 1.23. The molecule has 1 atom stereocenters. The van der Waals surface area contributed by atoms with Gasteiger partial charge in [0, 0.05) is 25.6 Å². The molecule has 8 heteroatoms. The van der Waals surface area contributed by atoms with Gasteiger partial charge in [0.25, 0.3) is 0 Å². The number of sulfonamides is 1. The molecule has 1 aromatic heterocycles. The number of piperidine rings is 1. The lowest BCUT2D eigenvalue weighted by atomic mass is 9.97. The molecule has 2 aliphatic rings. The molecule has 2 heterocycles. The van der Waals surface area contributed by atoms with Crippen LogP contribution in [-0.4, -0.2) is 41.3 Å². The number of para-hydroxylation sites is 2. The Bertz CT molecular complexity index is 1320. The quantitative estimate of drug-likeness (QED) is 0.581. The van der Waals surface area contributed by atoms with Gasteiger partial charge in [-0.15, -0.1) is 0 Å². The van der Waals surface area contributed by atoms with Crippen LogP contribution in [0.15, 0.2) is 47.4 Å². The van der Waals surface area contributed by atoms with Crippen molar-refractivity contribution in [1.29, 1.82) is 0 Å². The predicted octanol–water partition coefficient (Wildman–Crippen LogP) is 3.82. The molecule has 1 amide bonds. The van der Waals surface area contributed by atoms with Crippen molar-refractivity contribution in [2.45, 2.75) is 63.4 Å². The number of amides is 1. The van der Waals surface area contributed by atoms with E-state index >= 15 is 0 Å². The number of rotatable bonds is 6. The molecule has 5 rings (SSSR count). The first kappa shape index (κ1) is 23.1. The summed E-state index contributed by atoms with van der Waals surface area (Å²) >= 11 is 0. The first-order valence-corrected chi connectivity index (χ1v) is 13.7. The van der Waals surface area contributed by atoms with Gasteiger partial charge >= 0.3 is 0 Å². The minimum atomic E-state index is -3.53. The summed E-state index contributed by atoms with van der Waals surface area (Å²) in [4.78, 5) is 18.2. The third kappa shape index (κ3) is 4.14. The van der Waals surface area contributed by atoms with E-state index < -0.39 is 10.0 Å². The first-order valence-electron chi connectivity index (χ1n) is 12.3. The molecule has 0 bridgehead atoms. The van der Waals surface area contributed by atoms with Crippen LogP contribution in [0.2, 0.25) is 0 Å². The summed E-state index contributed by atoms with van der Waals surface area (Å²) in [6, 6.07) is 13.3. The molecule has 1 aliphatic carbocycles. The maximum absolute atomic E-state index is 13.2. The highest BCUT2D eigenvalue weighted by atomic mass is 32.2. The third-order valence-corrected chi connectivity index (χ3v) is 9.17. The maximum Gasteiger partial charge on any atom is 0.243 e. The van der Waals surface area contributed by atoms with Crippen molar-refractivity contribution in [2.24, 2.45) is 5.92 Å². The Kier molecular flexibility index (Phi) is 6.20. The number of aromatic nitrogens is 2. The van der Waals surface area contributed by atoms with Crippen molar-refractivity contribution in [1.82, 2.24) is 19.2 Å². The lowest BCUT2D eigenvalue weighted by Gasteiger charge is -2.31. The van der Waals surface area contributed by atoms with E-state index in [4.69, 9.17) is 4.98 Å². The van der Waals surface area contributed by atoms with E-state index in [1.54, 1.807) is 6.07 Å². The summed E-state index contributed by atoms with van der Waals surface area (Å²) in [5.41, 5.74) is 4.40. The Hall–Kier alpha value is -2.71. The summed E-state index contributed by atoms with van der Waals surface area (Å²) in [5.74, 6) is 0.610. The number of aryl methyl sites for hydroxylation is 3. The number of nitrogens with one attached hydrogen (secondary N) is 1. The molecule has 1 unspecified atom stereocenters. The van der Waals surface area contributed by atoms with Crippen molar-refractivity contribution in [3.8, 4) is 0 Å². The minimum absolute atomic E-state index is 0.0308. The van der Waals surface area contributed by atoms with E-state index in [2.05, 4.69) is 16.8 Å². The van der Waals surface area contributed by atoms with Gasteiger partial charge in [-0.25, -0.2) is 13.4 Å². The fourth-order valence-electron chi connectivity index (χ4n) is 5.37. The highest BCUT2D eigenvalue weighted by molar-refractivity contribution is 7.89. The van der Waals surface area contributed by atoms with Crippen LogP contribution in [0.4, 0.5) is 0 Å². The lowest BCUT2D eigenvalue weighted by molar-refractivity contribution is -0.126. The van der Waals surface area contributed by atoms with Crippen LogP contribution in [0.3, 0.4) is 0 Å². The molecule has 2 aromatic carbocycles. The van der Waals surface area contributed by atoms with Gasteiger partial charge in [-0.2, -0.15) is 4.31 Å². The molecule has 0 radical (unpaired) electrons. The summed E-state index contributed by atoms with van der Waals surface area (Å²) in [6.45, 7) is 5.52.